The molecule has 4 heterocycles. The van der Waals surface area contributed by atoms with Crippen LogP contribution in [0.4, 0.5) is 5.95 Å². The van der Waals surface area contributed by atoms with Crippen molar-refractivity contribution < 1.29 is 0 Å². The lowest BCUT2D eigenvalue weighted by molar-refractivity contribution is 0.394. The fraction of sp³-hybridized carbons (Fsp3) is 0.238. The highest BCUT2D eigenvalue weighted by atomic mass is 16.1. The van der Waals surface area contributed by atoms with Gasteiger partial charge in [0.15, 0.2) is 0 Å². The normalized spacial score (nSPS) is 15.2. The second-order valence-electron chi connectivity index (χ2n) is 7.02. The molecule has 4 aromatic rings. The minimum Gasteiger partial charge on any atom is -0.341 e. The van der Waals surface area contributed by atoms with Crippen LogP contribution in [-0.2, 0) is 0 Å². The average molecular weight is 372 g/mol. The number of anilines is 1. The standard InChI is InChI=1S/C21H20N6O/c28-21-25-18-5-1-2-6-19(18)27(21)16-8-12-26(13-9-16)20-23-11-7-17(24-20)15-4-3-10-22-14-15/h1-7,10-11,14,16H,8-9,12-13H2,(H,25,28). The number of fused-ring (bicyclic) bond motifs is 1. The van der Waals surface area contributed by atoms with E-state index < -0.39 is 0 Å². The van der Waals surface area contributed by atoms with E-state index in [2.05, 4.69) is 19.9 Å². The number of rotatable bonds is 3. The van der Waals surface area contributed by atoms with Crippen molar-refractivity contribution >= 4 is 17.0 Å². The first-order valence-corrected chi connectivity index (χ1v) is 9.47. The molecule has 7 heteroatoms. The van der Waals surface area contributed by atoms with Gasteiger partial charge in [0.2, 0.25) is 5.95 Å². The molecule has 1 aromatic carbocycles. The van der Waals surface area contributed by atoms with E-state index in [0.29, 0.717) is 0 Å². The first-order chi connectivity index (χ1) is 13.8. The molecule has 0 atom stereocenters. The van der Waals surface area contributed by atoms with E-state index in [9.17, 15) is 4.79 Å². The van der Waals surface area contributed by atoms with Crippen LogP contribution in [0.25, 0.3) is 22.3 Å². The first-order valence-electron chi connectivity index (χ1n) is 9.47. The molecule has 28 heavy (non-hydrogen) atoms. The molecule has 1 saturated heterocycles. The van der Waals surface area contributed by atoms with Crippen molar-refractivity contribution in [3.05, 3.63) is 71.5 Å². The molecule has 1 aliphatic heterocycles. The maximum Gasteiger partial charge on any atom is 0.326 e. The van der Waals surface area contributed by atoms with Crippen LogP contribution in [0.2, 0.25) is 0 Å². The van der Waals surface area contributed by atoms with Crippen molar-refractivity contribution in [2.45, 2.75) is 18.9 Å². The van der Waals surface area contributed by atoms with Gasteiger partial charge >= 0.3 is 5.69 Å². The summed E-state index contributed by atoms with van der Waals surface area (Å²) in [6, 6.07) is 13.8. The van der Waals surface area contributed by atoms with Crippen molar-refractivity contribution in [2.75, 3.05) is 18.0 Å². The summed E-state index contributed by atoms with van der Waals surface area (Å²) in [7, 11) is 0. The average Bonchev–Trinajstić information content (AvgIpc) is 3.10. The highest BCUT2D eigenvalue weighted by Gasteiger charge is 2.25. The fourth-order valence-corrected chi connectivity index (χ4v) is 3.94. The van der Waals surface area contributed by atoms with Gasteiger partial charge in [-0.3, -0.25) is 9.55 Å². The Morgan fingerprint density at radius 1 is 1.00 bits per heavy atom. The zero-order chi connectivity index (χ0) is 18.9. The van der Waals surface area contributed by atoms with E-state index in [1.807, 2.05) is 53.2 Å². The lowest BCUT2D eigenvalue weighted by Crippen LogP contribution is -2.37. The van der Waals surface area contributed by atoms with E-state index in [4.69, 9.17) is 4.98 Å². The van der Waals surface area contributed by atoms with Crippen LogP contribution < -0.4 is 10.6 Å². The highest BCUT2D eigenvalue weighted by Crippen LogP contribution is 2.27. The van der Waals surface area contributed by atoms with Gasteiger partial charge in [-0.2, -0.15) is 0 Å². The Labute approximate surface area is 161 Å². The van der Waals surface area contributed by atoms with Crippen LogP contribution in [0.3, 0.4) is 0 Å². The summed E-state index contributed by atoms with van der Waals surface area (Å²) in [6.45, 7) is 1.63. The maximum atomic E-state index is 12.5. The van der Waals surface area contributed by atoms with Gasteiger partial charge in [-0.05, 0) is 43.2 Å². The number of nitrogens with one attached hydrogen (secondary N) is 1. The highest BCUT2D eigenvalue weighted by molar-refractivity contribution is 5.75. The molecule has 5 rings (SSSR count). The number of H-pyrrole nitrogens is 1. The van der Waals surface area contributed by atoms with Gasteiger partial charge in [0.1, 0.15) is 0 Å². The van der Waals surface area contributed by atoms with E-state index in [1.165, 1.54) is 0 Å². The van der Waals surface area contributed by atoms with Gasteiger partial charge in [0.25, 0.3) is 0 Å². The summed E-state index contributed by atoms with van der Waals surface area (Å²) in [6.07, 6.45) is 7.11. The van der Waals surface area contributed by atoms with Crippen molar-refractivity contribution in [2.24, 2.45) is 0 Å². The molecule has 0 radical (unpaired) electrons. The topological polar surface area (TPSA) is 79.7 Å². The number of para-hydroxylation sites is 2. The van der Waals surface area contributed by atoms with Crippen molar-refractivity contribution in [3.63, 3.8) is 0 Å². The Balaban J connectivity index is 1.36. The van der Waals surface area contributed by atoms with E-state index in [-0.39, 0.29) is 11.7 Å². The van der Waals surface area contributed by atoms with Crippen LogP contribution in [0, 0.1) is 0 Å². The minimum atomic E-state index is -0.0329. The summed E-state index contributed by atoms with van der Waals surface area (Å²) in [4.78, 5) is 31.0. The van der Waals surface area contributed by atoms with Gasteiger partial charge in [-0.1, -0.05) is 12.1 Å². The zero-order valence-electron chi connectivity index (χ0n) is 15.3. The van der Waals surface area contributed by atoms with E-state index in [0.717, 1.165) is 54.2 Å². The molecule has 1 aliphatic rings. The SMILES string of the molecule is O=c1[nH]c2ccccc2n1C1CCN(c2nccc(-c3cccnc3)n2)CC1. The number of imidazole rings is 1. The Morgan fingerprint density at radius 3 is 2.68 bits per heavy atom. The Kier molecular flexibility index (Phi) is 4.12. The second-order valence-corrected chi connectivity index (χ2v) is 7.02. The Bertz CT molecular complexity index is 1160. The van der Waals surface area contributed by atoms with Crippen LogP contribution in [0.5, 0.6) is 0 Å². The molecule has 0 unspecified atom stereocenters. The van der Waals surface area contributed by atoms with Gasteiger partial charge in [-0.15, -0.1) is 0 Å². The number of benzene rings is 1. The molecule has 1 fully saturated rings. The number of pyridine rings is 1. The van der Waals surface area contributed by atoms with Gasteiger partial charge < -0.3 is 9.88 Å². The molecular weight excluding hydrogens is 352 g/mol. The van der Waals surface area contributed by atoms with Gasteiger partial charge in [0, 0.05) is 43.3 Å². The van der Waals surface area contributed by atoms with Crippen LogP contribution >= 0.6 is 0 Å². The first kappa shape index (κ1) is 16.7. The van der Waals surface area contributed by atoms with Crippen LogP contribution in [0.1, 0.15) is 18.9 Å². The van der Waals surface area contributed by atoms with Crippen molar-refractivity contribution in [3.8, 4) is 11.3 Å². The molecule has 0 saturated carbocycles. The summed E-state index contributed by atoms with van der Waals surface area (Å²) in [5, 5.41) is 0. The number of aromatic nitrogens is 5. The molecule has 0 spiro atoms. The number of piperidine rings is 1. The van der Waals surface area contributed by atoms with Gasteiger partial charge in [0.05, 0.1) is 16.7 Å². The number of nitrogens with zero attached hydrogens (tertiary/aromatic N) is 5. The van der Waals surface area contributed by atoms with Gasteiger partial charge in [-0.25, -0.2) is 14.8 Å². The molecule has 1 N–H and O–H groups in total. The Hall–Kier alpha value is -3.48. The third-order valence-corrected chi connectivity index (χ3v) is 5.34. The second kappa shape index (κ2) is 6.92. The van der Waals surface area contributed by atoms with Crippen molar-refractivity contribution in [1.29, 1.82) is 0 Å². The minimum absolute atomic E-state index is 0.0329. The number of hydrogen-bond acceptors (Lipinski definition) is 5. The van der Waals surface area contributed by atoms with E-state index in [1.54, 1.807) is 12.4 Å². The predicted octanol–water partition coefficient (Wildman–Crippen LogP) is 3.02. The molecule has 0 amide bonds. The summed E-state index contributed by atoms with van der Waals surface area (Å²) in [5.74, 6) is 0.728. The van der Waals surface area contributed by atoms with Crippen LogP contribution in [0.15, 0.2) is 65.8 Å². The van der Waals surface area contributed by atoms with E-state index >= 15 is 0 Å². The summed E-state index contributed by atoms with van der Waals surface area (Å²) >= 11 is 0. The zero-order valence-corrected chi connectivity index (χ0v) is 15.3. The fourth-order valence-electron chi connectivity index (χ4n) is 3.94. The quantitative estimate of drug-likeness (QED) is 0.598. The lowest BCUT2D eigenvalue weighted by atomic mass is 10.0. The largest absolute Gasteiger partial charge is 0.341 e. The molecular formula is C21H20N6O. The smallest absolute Gasteiger partial charge is 0.326 e. The predicted molar refractivity (Wildman–Crippen MR) is 108 cm³/mol. The molecule has 7 nitrogen and oxygen atoms in total. The third kappa shape index (κ3) is 2.94. The van der Waals surface area contributed by atoms with Crippen molar-refractivity contribution in [1.82, 2.24) is 24.5 Å². The molecule has 140 valence electrons. The Morgan fingerprint density at radius 2 is 1.86 bits per heavy atom. The number of hydrogen-bond donors (Lipinski definition) is 1. The number of aromatic amines is 1. The third-order valence-electron chi connectivity index (χ3n) is 5.34. The lowest BCUT2D eigenvalue weighted by Gasteiger charge is -2.32. The summed E-state index contributed by atoms with van der Waals surface area (Å²) in [5.41, 5.74) is 3.68. The molecule has 0 bridgehead atoms. The monoisotopic (exact) mass is 372 g/mol. The maximum absolute atomic E-state index is 12.5. The van der Waals surface area contributed by atoms with Crippen LogP contribution in [-0.4, -0.2) is 37.6 Å². The summed E-state index contributed by atoms with van der Waals surface area (Å²) < 4.78 is 1.90. The molecule has 3 aromatic heterocycles. The molecule has 0 aliphatic carbocycles.